The summed E-state index contributed by atoms with van der Waals surface area (Å²) in [4.78, 5) is 25.3. The largest absolute Gasteiger partial charge is 0.506 e. The zero-order valence-electron chi connectivity index (χ0n) is 13.9. The molecule has 0 aromatic heterocycles. The molecule has 0 saturated heterocycles. The fraction of sp³-hybridized carbons (Fsp3) is 0.0476. The number of carbonyl (C=O) groups is 2. The summed E-state index contributed by atoms with van der Waals surface area (Å²) in [5, 5.41) is 19.1. The van der Waals surface area contributed by atoms with Crippen molar-refractivity contribution >= 4 is 23.3 Å². The maximum Gasteiger partial charge on any atom is 0.307 e. The van der Waals surface area contributed by atoms with Crippen LogP contribution in [0.15, 0.2) is 78.9 Å². The lowest BCUT2D eigenvalue weighted by molar-refractivity contribution is -0.136. The Kier molecular flexibility index (Phi) is 4.99. The average molecular weight is 347 g/mol. The van der Waals surface area contributed by atoms with E-state index in [-0.39, 0.29) is 18.1 Å². The van der Waals surface area contributed by atoms with Crippen LogP contribution >= 0.6 is 0 Å². The molecule has 2 N–H and O–H groups in total. The molecule has 1 amide bonds. The van der Waals surface area contributed by atoms with Gasteiger partial charge in [0.25, 0.3) is 5.91 Å². The smallest absolute Gasteiger partial charge is 0.307 e. The Bertz CT molecular complexity index is 920. The highest BCUT2D eigenvalue weighted by atomic mass is 16.4. The Hall–Kier alpha value is -3.60. The molecule has 5 nitrogen and oxygen atoms in total. The molecular weight excluding hydrogens is 330 g/mol. The van der Waals surface area contributed by atoms with Gasteiger partial charge in [-0.1, -0.05) is 42.5 Å². The molecule has 0 aliphatic carbocycles. The molecule has 0 aliphatic heterocycles. The first-order valence-corrected chi connectivity index (χ1v) is 8.04. The van der Waals surface area contributed by atoms with E-state index in [0.717, 1.165) is 0 Å². The van der Waals surface area contributed by atoms with Gasteiger partial charge in [0.05, 0.1) is 12.1 Å². The van der Waals surface area contributed by atoms with Crippen molar-refractivity contribution in [1.82, 2.24) is 0 Å². The van der Waals surface area contributed by atoms with Crippen LogP contribution in [0.3, 0.4) is 0 Å². The number of hydrogen-bond acceptors (Lipinski definition) is 3. The van der Waals surface area contributed by atoms with Crippen LogP contribution in [-0.2, 0) is 11.2 Å². The summed E-state index contributed by atoms with van der Waals surface area (Å²) in [5.74, 6) is -1.24. The SMILES string of the molecule is O=C(O)Cc1ccc(N(C(=O)c2ccccc2)c2ccccc2O)cc1. The number of hydrogen-bond donors (Lipinski definition) is 2. The van der Waals surface area contributed by atoms with Crippen molar-refractivity contribution < 1.29 is 19.8 Å². The third kappa shape index (κ3) is 3.72. The topological polar surface area (TPSA) is 77.8 Å². The van der Waals surface area contributed by atoms with Gasteiger partial charge >= 0.3 is 5.97 Å². The molecule has 0 unspecified atom stereocenters. The molecule has 0 aliphatic rings. The van der Waals surface area contributed by atoms with Gasteiger partial charge in [0.15, 0.2) is 0 Å². The number of para-hydroxylation sites is 2. The van der Waals surface area contributed by atoms with Crippen molar-refractivity contribution in [2.45, 2.75) is 6.42 Å². The third-order valence-electron chi connectivity index (χ3n) is 3.90. The lowest BCUT2D eigenvalue weighted by Crippen LogP contribution is -2.26. The highest BCUT2D eigenvalue weighted by Crippen LogP contribution is 2.34. The number of carboxylic acids is 1. The number of amides is 1. The minimum absolute atomic E-state index is 0.0219. The summed E-state index contributed by atoms with van der Waals surface area (Å²) in [7, 11) is 0. The Balaban J connectivity index is 2.05. The minimum Gasteiger partial charge on any atom is -0.506 e. The summed E-state index contributed by atoms with van der Waals surface area (Å²) < 4.78 is 0. The van der Waals surface area contributed by atoms with Gasteiger partial charge in [-0.05, 0) is 42.0 Å². The summed E-state index contributed by atoms with van der Waals surface area (Å²) in [6, 6.07) is 22.0. The zero-order valence-corrected chi connectivity index (χ0v) is 13.9. The summed E-state index contributed by atoms with van der Waals surface area (Å²) in [6.07, 6.45) is -0.0938. The molecule has 0 fully saturated rings. The number of benzene rings is 3. The molecule has 0 radical (unpaired) electrons. The van der Waals surface area contributed by atoms with Crippen molar-refractivity contribution in [1.29, 1.82) is 0 Å². The summed E-state index contributed by atoms with van der Waals surface area (Å²) in [5.41, 5.74) is 2.00. The average Bonchev–Trinajstić information content (AvgIpc) is 2.65. The molecule has 5 heteroatoms. The lowest BCUT2D eigenvalue weighted by Gasteiger charge is -2.24. The molecule has 26 heavy (non-hydrogen) atoms. The van der Waals surface area contributed by atoms with Gasteiger partial charge in [-0.3, -0.25) is 14.5 Å². The molecule has 0 bridgehead atoms. The Morgan fingerprint density at radius 3 is 2.04 bits per heavy atom. The first kappa shape index (κ1) is 17.2. The van der Waals surface area contributed by atoms with Crippen LogP contribution in [0.25, 0.3) is 0 Å². The normalized spacial score (nSPS) is 10.3. The molecule has 0 atom stereocenters. The number of aliphatic carboxylic acids is 1. The Morgan fingerprint density at radius 1 is 0.808 bits per heavy atom. The first-order valence-electron chi connectivity index (χ1n) is 8.04. The second-order valence-corrected chi connectivity index (χ2v) is 5.73. The van der Waals surface area contributed by atoms with Gasteiger partial charge < -0.3 is 10.2 Å². The number of phenols is 1. The van der Waals surface area contributed by atoms with E-state index in [1.165, 1.54) is 11.0 Å². The predicted molar refractivity (Wildman–Crippen MR) is 98.8 cm³/mol. The number of carboxylic acid groups (broad SMARTS) is 1. The lowest BCUT2D eigenvalue weighted by atomic mass is 10.1. The maximum absolute atomic E-state index is 13.1. The van der Waals surface area contributed by atoms with E-state index in [2.05, 4.69) is 0 Å². The van der Waals surface area contributed by atoms with Gasteiger partial charge in [0, 0.05) is 11.3 Å². The van der Waals surface area contributed by atoms with Gasteiger partial charge in [0.1, 0.15) is 5.75 Å². The second kappa shape index (κ2) is 7.53. The van der Waals surface area contributed by atoms with Gasteiger partial charge in [-0.25, -0.2) is 0 Å². The van der Waals surface area contributed by atoms with E-state index in [0.29, 0.717) is 22.5 Å². The standard InChI is InChI=1S/C21H17NO4/c23-19-9-5-4-8-18(19)22(21(26)16-6-2-1-3-7-16)17-12-10-15(11-13-17)14-20(24)25/h1-13,23H,14H2,(H,24,25). The van der Waals surface area contributed by atoms with Crippen LogP contribution in [0.1, 0.15) is 15.9 Å². The number of aromatic hydroxyl groups is 1. The van der Waals surface area contributed by atoms with Crippen molar-refractivity contribution in [3.05, 3.63) is 90.0 Å². The Labute approximate surface area is 150 Å². The van der Waals surface area contributed by atoms with Crippen molar-refractivity contribution in [3.63, 3.8) is 0 Å². The molecular formula is C21H17NO4. The van der Waals surface area contributed by atoms with E-state index in [9.17, 15) is 14.7 Å². The molecule has 0 spiro atoms. The molecule has 130 valence electrons. The van der Waals surface area contributed by atoms with E-state index in [1.807, 2.05) is 6.07 Å². The van der Waals surface area contributed by atoms with Crippen molar-refractivity contribution in [3.8, 4) is 5.75 Å². The van der Waals surface area contributed by atoms with Gasteiger partial charge in [-0.2, -0.15) is 0 Å². The van der Waals surface area contributed by atoms with Crippen molar-refractivity contribution in [2.24, 2.45) is 0 Å². The van der Waals surface area contributed by atoms with Crippen LogP contribution in [0.5, 0.6) is 5.75 Å². The van der Waals surface area contributed by atoms with Crippen LogP contribution in [0.2, 0.25) is 0 Å². The second-order valence-electron chi connectivity index (χ2n) is 5.73. The number of phenolic OH excluding ortho intramolecular Hbond substituents is 1. The van der Waals surface area contributed by atoms with Crippen LogP contribution in [0.4, 0.5) is 11.4 Å². The van der Waals surface area contributed by atoms with Crippen LogP contribution < -0.4 is 4.90 Å². The number of carbonyl (C=O) groups excluding carboxylic acids is 1. The minimum atomic E-state index is -0.921. The van der Waals surface area contributed by atoms with Gasteiger partial charge in [0.2, 0.25) is 0 Å². The van der Waals surface area contributed by atoms with E-state index in [1.54, 1.807) is 66.7 Å². The summed E-state index contributed by atoms with van der Waals surface area (Å²) >= 11 is 0. The maximum atomic E-state index is 13.1. The first-order chi connectivity index (χ1) is 12.6. The zero-order chi connectivity index (χ0) is 18.5. The molecule has 3 rings (SSSR count). The number of anilines is 2. The van der Waals surface area contributed by atoms with Crippen molar-refractivity contribution in [2.75, 3.05) is 4.90 Å². The van der Waals surface area contributed by atoms with E-state index in [4.69, 9.17) is 5.11 Å². The van der Waals surface area contributed by atoms with E-state index >= 15 is 0 Å². The third-order valence-corrected chi connectivity index (χ3v) is 3.90. The molecule has 0 saturated carbocycles. The monoisotopic (exact) mass is 347 g/mol. The highest BCUT2D eigenvalue weighted by Gasteiger charge is 2.22. The fourth-order valence-electron chi connectivity index (χ4n) is 2.67. The van der Waals surface area contributed by atoms with Crippen LogP contribution in [0, 0.1) is 0 Å². The van der Waals surface area contributed by atoms with Gasteiger partial charge in [-0.15, -0.1) is 0 Å². The van der Waals surface area contributed by atoms with E-state index < -0.39 is 5.97 Å². The molecule has 3 aromatic carbocycles. The highest BCUT2D eigenvalue weighted by molar-refractivity contribution is 6.11. The Morgan fingerprint density at radius 2 is 1.42 bits per heavy atom. The number of nitrogens with zero attached hydrogens (tertiary/aromatic N) is 1. The quantitative estimate of drug-likeness (QED) is 0.731. The number of rotatable bonds is 5. The predicted octanol–water partition coefficient (Wildman–Crippen LogP) is 4.00. The molecule has 0 heterocycles. The molecule has 3 aromatic rings. The summed E-state index contributed by atoms with van der Waals surface area (Å²) in [6.45, 7) is 0. The fourth-order valence-corrected chi connectivity index (χ4v) is 2.67. The van der Waals surface area contributed by atoms with Crippen LogP contribution in [-0.4, -0.2) is 22.1 Å².